The summed E-state index contributed by atoms with van der Waals surface area (Å²) in [5, 5.41) is 14.3. The van der Waals surface area contributed by atoms with Gasteiger partial charge in [-0.1, -0.05) is 30.3 Å². The molecule has 4 rings (SSSR count). The number of hydrogen-bond acceptors (Lipinski definition) is 2. The number of fused-ring (bicyclic) bond motifs is 1. The van der Waals surface area contributed by atoms with Crippen molar-refractivity contribution in [3.63, 3.8) is 0 Å². The fraction of sp³-hybridized carbons (Fsp3) is 0.647. The summed E-state index contributed by atoms with van der Waals surface area (Å²) in [7, 11) is 0. The van der Waals surface area contributed by atoms with Gasteiger partial charge in [-0.25, -0.2) is 0 Å². The van der Waals surface area contributed by atoms with Gasteiger partial charge in [0.1, 0.15) is 0 Å². The van der Waals surface area contributed by atoms with Crippen LogP contribution in [0.4, 0.5) is 0 Å². The zero-order valence-corrected chi connectivity index (χ0v) is 11.4. The third-order valence-electron chi connectivity index (χ3n) is 5.88. The molecule has 2 bridgehead atoms. The summed E-state index contributed by atoms with van der Waals surface area (Å²) in [6.45, 7) is 0.968. The van der Waals surface area contributed by atoms with E-state index in [0.717, 1.165) is 25.3 Å². The maximum absolute atomic E-state index is 10.5. The molecule has 0 aromatic heterocycles. The normalized spacial score (nSPS) is 43.6. The summed E-state index contributed by atoms with van der Waals surface area (Å²) in [5.74, 6) is 2.14. The summed E-state index contributed by atoms with van der Waals surface area (Å²) in [4.78, 5) is 0. The zero-order chi connectivity index (χ0) is 12.9. The van der Waals surface area contributed by atoms with Gasteiger partial charge in [0.25, 0.3) is 0 Å². The van der Waals surface area contributed by atoms with Crippen LogP contribution >= 0.6 is 0 Å². The van der Waals surface area contributed by atoms with E-state index in [2.05, 4.69) is 35.6 Å². The number of benzene rings is 1. The standard InChI is InChI=1S/C17H23NO/c19-17-9-13-6-7-16(14(10-17)8-15(13)17)18-11-12-4-2-1-3-5-12/h1-5,13-16,18-19H,6-11H2/t13?,14?,15?,16-,17+/m0/s1. The Labute approximate surface area is 115 Å². The molecular formula is C17H23NO. The largest absolute Gasteiger partial charge is 0.390 e. The molecule has 0 amide bonds. The molecule has 19 heavy (non-hydrogen) atoms. The van der Waals surface area contributed by atoms with Crippen molar-refractivity contribution in [2.75, 3.05) is 0 Å². The van der Waals surface area contributed by atoms with Crippen LogP contribution in [0.1, 0.15) is 37.7 Å². The van der Waals surface area contributed by atoms with E-state index in [1.165, 1.54) is 24.8 Å². The van der Waals surface area contributed by atoms with Crippen molar-refractivity contribution in [2.24, 2.45) is 17.8 Å². The molecule has 102 valence electrons. The van der Waals surface area contributed by atoms with Crippen molar-refractivity contribution in [1.29, 1.82) is 0 Å². The van der Waals surface area contributed by atoms with E-state index in [9.17, 15) is 5.11 Å². The van der Waals surface area contributed by atoms with Crippen molar-refractivity contribution < 1.29 is 5.11 Å². The molecule has 5 atom stereocenters. The van der Waals surface area contributed by atoms with Gasteiger partial charge in [-0.15, -0.1) is 0 Å². The van der Waals surface area contributed by atoms with Crippen LogP contribution in [0.2, 0.25) is 0 Å². The Morgan fingerprint density at radius 3 is 2.74 bits per heavy atom. The second kappa shape index (κ2) is 4.32. The van der Waals surface area contributed by atoms with Gasteiger partial charge in [0.05, 0.1) is 5.60 Å². The zero-order valence-electron chi connectivity index (χ0n) is 11.4. The van der Waals surface area contributed by atoms with Crippen molar-refractivity contribution in [1.82, 2.24) is 5.32 Å². The van der Waals surface area contributed by atoms with E-state index in [0.29, 0.717) is 17.9 Å². The van der Waals surface area contributed by atoms with Crippen LogP contribution in [0.5, 0.6) is 0 Å². The molecule has 0 aliphatic heterocycles. The third kappa shape index (κ3) is 1.93. The van der Waals surface area contributed by atoms with Gasteiger partial charge < -0.3 is 10.4 Å². The summed E-state index contributed by atoms with van der Waals surface area (Å²) in [6, 6.07) is 11.3. The molecule has 3 saturated carbocycles. The van der Waals surface area contributed by atoms with Crippen LogP contribution in [0.15, 0.2) is 30.3 Å². The topological polar surface area (TPSA) is 32.3 Å². The lowest BCUT2D eigenvalue weighted by Gasteiger charge is -2.49. The lowest BCUT2D eigenvalue weighted by molar-refractivity contribution is -0.123. The second-order valence-corrected chi connectivity index (χ2v) is 6.92. The van der Waals surface area contributed by atoms with Crippen LogP contribution in [0, 0.1) is 17.8 Å². The highest BCUT2D eigenvalue weighted by Gasteiger charge is 2.60. The highest BCUT2D eigenvalue weighted by atomic mass is 16.3. The predicted octanol–water partition coefficient (Wildman–Crippen LogP) is 2.72. The van der Waals surface area contributed by atoms with E-state index in [4.69, 9.17) is 0 Å². The third-order valence-corrected chi connectivity index (χ3v) is 5.88. The van der Waals surface area contributed by atoms with Gasteiger partial charge in [0.2, 0.25) is 0 Å². The van der Waals surface area contributed by atoms with Crippen molar-refractivity contribution in [3.05, 3.63) is 35.9 Å². The maximum atomic E-state index is 10.5. The first-order valence-corrected chi connectivity index (χ1v) is 7.74. The van der Waals surface area contributed by atoms with Crippen molar-refractivity contribution in [3.8, 4) is 0 Å². The molecule has 3 fully saturated rings. The Hall–Kier alpha value is -0.860. The fourth-order valence-corrected chi connectivity index (χ4v) is 4.89. The molecule has 0 radical (unpaired) electrons. The number of aliphatic hydroxyl groups is 1. The average Bonchev–Trinajstić information content (AvgIpc) is 2.58. The van der Waals surface area contributed by atoms with Crippen LogP contribution in [0.25, 0.3) is 0 Å². The minimum Gasteiger partial charge on any atom is -0.390 e. The molecule has 2 N–H and O–H groups in total. The molecule has 0 spiro atoms. The molecule has 0 heterocycles. The van der Waals surface area contributed by atoms with Crippen LogP contribution in [0.3, 0.4) is 0 Å². The first kappa shape index (κ1) is 11.9. The molecule has 3 unspecified atom stereocenters. The lowest BCUT2D eigenvalue weighted by Crippen LogP contribution is -2.51. The van der Waals surface area contributed by atoms with Gasteiger partial charge in [-0.3, -0.25) is 0 Å². The Bertz CT molecular complexity index is 460. The van der Waals surface area contributed by atoms with Gasteiger partial charge in [0, 0.05) is 12.6 Å². The summed E-state index contributed by atoms with van der Waals surface area (Å²) < 4.78 is 0. The highest BCUT2D eigenvalue weighted by Crippen LogP contribution is 2.60. The second-order valence-electron chi connectivity index (χ2n) is 6.92. The summed E-state index contributed by atoms with van der Waals surface area (Å²) in [6.07, 6.45) is 6.00. The Balaban J connectivity index is 1.42. The fourth-order valence-electron chi connectivity index (χ4n) is 4.89. The maximum Gasteiger partial charge on any atom is 0.0684 e. The van der Waals surface area contributed by atoms with E-state index in [1.807, 2.05) is 0 Å². The summed E-state index contributed by atoms with van der Waals surface area (Å²) in [5.41, 5.74) is 1.09. The molecule has 2 heteroatoms. The quantitative estimate of drug-likeness (QED) is 0.872. The van der Waals surface area contributed by atoms with Crippen molar-refractivity contribution >= 4 is 0 Å². The van der Waals surface area contributed by atoms with Crippen LogP contribution in [-0.4, -0.2) is 16.7 Å². The van der Waals surface area contributed by atoms with Gasteiger partial charge in [-0.2, -0.15) is 0 Å². The predicted molar refractivity (Wildman–Crippen MR) is 75.6 cm³/mol. The van der Waals surface area contributed by atoms with Gasteiger partial charge >= 0.3 is 0 Å². The van der Waals surface area contributed by atoms with Gasteiger partial charge in [0.15, 0.2) is 0 Å². The summed E-state index contributed by atoms with van der Waals surface area (Å²) >= 11 is 0. The lowest BCUT2D eigenvalue weighted by atomic mass is 9.61. The molecule has 0 saturated heterocycles. The van der Waals surface area contributed by atoms with Crippen LogP contribution < -0.4 is 5.32 Å². The molecule has 1 aromatic carbocycles. The Morgan fingerprint density at radius 2 is 1.89 bits per heavy atom. The first-order valence-electron chi connectivity index (χ1n) is 7.74. The molecule has 3 aliphatic rings. The average molecular weight is 257 g/mol. The minimum absolute atomic E-state index is 0.275. The minimum atomic E-state index is -0.275. The van der Waals surface area contributed by atoms with E-state index >= 15 is 0 Å². The van der Waals surface area contributed by atoms with Crippen molar-refractivity contribution in [2.45, 2.75) is 50.3 Å². The number of rotatable bonds is 3. The Kier molecular flexibility index (Phi) is 2.71. The molecular weight excluding hydrogens is 234 g/mol. The van der Waals surface area contributed by atoms with E-state index in [-0.39, 0.29) is 5.60 Å². The smallest absolute Gasteiger partial charge is 0.0684 e. The van der Waals surface area contributed by atoms with E-state index < -0.39 is 0 Å². The monoisotopic (exact) mass is 257 g/mol. The Morgan fingerprint density at radius 1 is 1.11 bits per heavy atom. The first-order chi connectivity index (χ1) is 9.24. The highest BCUT2D eigenvalue weighted by molar-refractivity contribution is 5.15. The number of nitrogens with one attached hydrogen (secondary N) is 1. The van der Waals surface area contributed by atoms with E-state index in [1.54, 1.807) is 0 Å². The SMILES string of the molecule is O[C@@]12CC3CC[C@H](NCc4ccccc4)C(CC31)C2. The molecule has 3 aliphatic carbocycles. The molecule has 1 aromatic rings. The van der Waals surface area contributed by atoms with Crippen LogP contribution in [-0.2, 0) is 6.54 Å². The van der Waals surface area contributed by atoms with Gasteiger partial charge in [-0.05, 0) is 55.4 Å². The number of hydrogen-bond donors (Lipinski definition) is 2. The molecule has 2 nitrogen and oxygen atoms in total.